The number of halogens is 2. The Labute approximate surface area is 200 Å². The number of hydrogen-bond donors (Lipinski definition) is 1. The Morgan fingerprint density at radius 2 is 1.91 bits per heavy atom. The topological polar surface area (TPSA) is 79.0 Å². The van der Waals surface area contributed by atoms with Crippen LogP contribution in [0.5, 0.6) is 5.75 Å². The summed E-state index contributed by atoms with van der Waals surface area (Å²) in [4.78, 5) is 44.9. The second-order valence-electron chi connectivity index (χ2n) is 9.12. The molecule has 4 aliphatic rings. The third-order valence-electron chi connectivity index (χ3n) is 7.58. The molecule has 0 aliphatic carbocycles. The molecule has 3 fully saturated rings. The minimum Gasteiger partial charge on any atom is -0.495 e. The van der Waals surface area contributed by atoms with E-state index in [0.29, 0.717) is 39.3 Å². The van der Waals surface area contributed by atoms with Crippen LogP contribution in [0.1, 0.15) is 24.0 Å². The lowest BCUT2D eigenvalue weighted by Crippen LogP contribution is -2.54. The van der Waals surface area contributed by atoms with Crippen LogP contribution >= 0.6 is 23.2 Å². The highest BCUT2D eigenvalue weighted by Gasteiger charge is 2.75. The fourth-order valence-corrected chi connectivity index (χ4v) is 6.96. The van der Waals surface area contributed by atoms with Crippen molar-refractivity contribution >= 4 is 52.3 Å². The summed E-state index contributed by atoms with van der Waals surface area (Å²) in [6.07, 6.45) is 1.59. The van der Waals surface area contributed by atoms with Gasteiger partial charge in [-0.15, -0.1) is 0 Å². The van der Waals surface area contributed by atoms with Crippen molar-refractivity contribution < 1.29 is 19.1 Å². The maximum atomic E-state index is 14.1. The molecule has 3 saturated heterocycles. The molecule has 2 aromatic rings. The normalized spacial score (nSPS) is 30.1. The number of carbonyl (C=O) groups is 3. The quantitative estimate of drug-likeness (QED) is 0.655. The second kappa shape index (κ2) is 6.95. The van der Waals surface area contributed by atoms with Gasteiger partial charge in [0, 0.05) is 16.6 Å². The van der Waals surface area contributed by atoms with Crippen LogP contribution < -0.4 is 15.0 Å². The van der Waals surface area contributed by atoms with Gasteiger partial charge in [0.2, 0.25) is 11.8 Å². The highest BCUT2D eigenvalue weighted by molar-refractivity contribution is 6.35. The van der Waals surface area contributed by atoms with Gasteiger partial charge in [-0.1, -0.05) is 29.3 Å². The van der Waals surface area contributed by atoms with Crippen molar-refractivity contribution in [3.05, 3.63) is 51.5 Å². The summed E-state index contributed by atoms with van der Waals surface area (Å²) >= 11 is 12.7. The molecule has 9 heteroatoms. The summed E-state index contributed by atoms with van der Waals surface area (Å²) in [5, 5.41) is 3.74. The van der Waals surface area contributed by atoms with Gasteiger partial charge >= 0.3 is 0 Å². The maximum Gasteiger partial charge on any atom is 0.250 e. The Bertz CT molecular complexity index is 1260. The van der Waals surface area contributed by atoms with Crippen LogP contribution in [-0.4, -0.2) is 42.3 Å². The molecular formula is C24H21Cl2N3O4. The first-order valence-corrected chi connectivity index (χ1v) is 11.7. The molecular weight excluding hydrogens is 465 g/mol. The number of hydrogen-bond acceptors (Lipinski definition) is 5. The Hall–Kier alpha value is -2.61. The number of fused-ring (bicyclic) bond motifs is 7. The van der Waals surface area contributed by atoms with E-state index >= 15 is 0 Å². The number of carbonyl (C=O) groups excluding carboxylic acids is 3. The molecule has 0 radical (unpaired) electrons. The Morgan fingerprint density at radius 3 is 2.67 bits per heavy atom. The van der Waals surface area contributed by atoms with E-state index in [-0.39, 0.29) is 17.9 Å². The van der Waals surface area contributed by atoms with Crippen molar-refractivity contribution in [1.29, 1.82) is 0 Å². The Morgan fingerprint density at radius 1 is 1.12 bits per heavy atom. The van der Waals surface area contributed by atoms with Crippen molar-refractivity contribution in [2.45, 2.75) is 31.3 Å². The smallest absolute Gasteiger partial charge is 0.250 e. The molecule has 0 saturated carbocycles. The summed E-state index contributed by atoms with van der Waals surface area (Å²) in [7, 11) is 1.48. The number of rotatable bonds is 2. The van der Waals surface area contributed by atoms with E-state index in [2.05, 4.69) is 10.2 Å². The van der Waals surface area contributed by atoms with E-state index in [9.17, 15) is 14.4 Å². The van der Waals surface area contributed by atoms with E-state index in [1.807, 2.05) is 13.0 Å². The molecule has 7 nitrogen and oxygen atoms in total. The van der Waals surface area contributed by atoms with Crippen molar-refractivity contribution in [3.63, 3.8) is 0 Å². The number of ether oxygens (including phenoxy) is 1. The van der Waals surface area contributed by atoms with Gasteiger partial charge in [0.15, 0.2) is 0 Å². The van der Waals surface area contributed by atoms with Crippen LogP contribution in [0.4, 0.5) is 11.4 Å². The molecule has 1 spiro atoms. The van der Waals surface area contributed by atoms with E-state index < -0.39 is 23.3 Å². The first kappa shape index (κ1) is 21.0. The zero-order chi connectivity index (χ0) is 23.2. The Balaban J connectivity index is 1.58. The number of imide groups is 1. The zero-order valence-electron chi connectivity index (χ0n) is 18.0. The number of aryl methyl sites for hydroxylation is 1. The third kappa shape index (κ3) is 2.47. The van der Waals surface area contributed by atoms with Gasteiger partial charge in [0.1, 0.15) is 11.3 Å². The number of methoxy groups -OCH3 is 1. The molecule has 33 heavy (non-hydrogen) atoms. The summed E-state index contributed by atoms with van der Waals surface area (Å²) in [6, 6.07) is 8.32. The predicted octanol–water partition coefficient (Wildman–Crippen LogP) is 3.74. The monoisotopic (exact) mass is 485 g/mol. The molecule has 1 N–H and O–H groups in total. The van der Waals surface area contributed by atoms with Gasteiger partial charge in [0.05, 0.1) is 35.3 Å². The maximum absolute atomic E-state index is 14.1. The standard InChI is InChI=1S/C24H21Cl2N3O4/c1-11-8-13-20(14(26)9-11)27-23(32)24(13)19-18(15-4-3-7-28(15)24)21(30)29(22(19)31)16-10-12(25)5-6-17(16)33-2/h5-6,8-10,15,18-19H,3-4,7H2,1-2H3,(H,27,32)/t15-,18+,19+,24+/m0/s1. The highest BCUT2D eigenvalue weighted by atomic mass is 35.5. The second-order valence-corrected chi connectivity index (χ2v) is 9.97. The Kier molecular flexibility index (Phi) is 4.41. The largest absolute Gasteiger partial charge is 0.495 e. The molecule has 0 bridgehead atoms. The zero-order valence-corrected chi connectivity index (χ0v) is 19.5. The predicted molar refractivity (Wildman–Crippen MR) is 124 cm³/mol. The number of nitrogens with one attached hydrogen (secondary N) is 1. The third-order valence-corrected chi connectivity index (χ3v) is 8.11. The lowest BCUT2D eigenvalue weighted by atomic mass is 9.75. The van der Waals surface area contributed by atoms with Crippen LogP contribution in [0.25, 0.3) is 0 Å². The molecule has 170 valence electrons. The van der Waals surface area contributed by atoms with Crippen LogP contribution in [0.2, 0.25) is 10.0 Å². The SMILES string of the molecule is COc1ccc(Cl)cc1N1C(=O)[C@@H]2[C@@H]3CCCN3[C@@]3(C(=O)Nc4c(Cl)cc(C)cc43)[C@H]2C1=O. The van der Waals surface area contributed by atoms with E-state index in [1.54, 1.807) is 24.3 Å². The van der Waals surface area contributed by atoms with Crippen LogP contribution in [0.3, 0.4) is 0 Å². The molecule has 0 unspecified atom stereocenters. The molecule has 0 aromatic heterocycles. The number of benzene rings is 2. The number of amides is 3. The van der Waals surface area contributed by atoms with Gasteiger partial charge in [-0.05, 0) is 56.1 Å². The first-order valence-electron chi connectivity index (χ1n) is 10.9. The van der Waals surface area contributed by atoms with Gasteiger partial charge in [-0.25, -0.2) is 4.90 Å². The average Bonchev–Trinajstić information content (AvgIpc) is 3.47. The molecule has 4 atom stereocenters. The van der Waals surface area contributed by atoms with Crippen LogP contribution in [0.15, 0.2) is 30.3 Å². The van der Waals surface area contributed by atoms with Crippen molar-refractivity contribution in [3.8, 4) is 5.75 Å². The minimum atomic E-state index is -1.27. The summed E-state index contributed by atoms with van der Waals surface area (Å²) in [6.45, 7) is 2.54. The van der Waals surface area contributed by atoms with E-state index in [1.165, 1.54) is 12.0 Å². The lowest BCUT2D eigenvalue weighted by molar-refractivity contribution is -0.135. The average molecular weight is 486 g/mol. The van der Waals surface area contributed by atoms with Gasteiger partial charge in [-0.3, -0.25) is 19.3 Å². The molecule has 4 aliphatic heterocycles. The van der Waals surface area contributed by atoms with Gasteiger partial charge < -0.3 is 10.1 Å². The summed E-state index contributed by atoms with van der Waals surface area (Å²) < 4.78 is 5.43. The molecule has 2 aromatic carbocycles. The summed E-state index contributed by atoms with van der Waals surface area (Å²) in [5.74, 6) is -2.17. The lowest BCUT2D eigenvalue weighted by Gasteiger charge is -2.37. The van der Waals surface area contributed by atoms with Crippen molar-refractivity contribution in [2.24, 2.45) is 11.8 Å². The van der Waals surface area contributed by atoms with Gasteiger partial charge in [0.25, 0.3) is 5.91 Å². The highest BCUT2D eigenvalue weighted by Crippen LogP contribution is 2.61. The fraction of sp³-hybridized carbons (Fsp3) is 0.375. The summed E-state index contributed by atoms with van der Waals surface area (Å²) in [5.41, 5.74) is 1.12. The van der Waals surface area contributed by atoms with Crippen molar-refractivity contribution in [1.82, 2.24) is 4.90 Å². The van der Waals surface area contributed by atoms with E-state index in [4.69, 9.17) is 27.9 Å². The molecule has 6 rings (SSSR count). The number of anilines is 2. The first-order chi connectivity index (χ1) is 15.8. The molecule has 3 amide bonds. The minimum absolute atomic E-state index is 0.211. The van der Waals surface area contributed by atoms with Crippen molar-refractivity contribution in [2.75, 3.05) is 23.9 Å². The van der Waals surface area contributed by atoms with Gasteiger partial charge in [-0.2, -0.15) is 0 Å². The fourth-order valence-electron chi connectivity index (χ4n) is 6.47. The number of nitrogens with zero attached hydrogens (tertiary/aromatic N) is 2. The molecule has 4 heterocycles. The van der Waals surface area contributed by atoms with Crippen LogP contribution in [-0.2, 0) is 19.9 Å². The van der Waals surface area contributed by atoms with Crippen LogP contribution in [0, 0.1) is 18.8 Å². The van der Waals surface area contributed by atoms with E-state index in [0.717, 1.165) is 18.4 Å².